The highest BCUT2D eigenvalue weighted by atomic mass is 16.2. The summed E-state index contributed by atoms with van der Waals surface area (Å²) in [5.41, 5.74) is 1.15. The summed E-state index contributed by atoms with van der Waals surface area (Å²) < 4.78 is 0. The van der Waals surface area contributed by atoms with E-state index in [1.165, 1.54) is 5.56 Å². The Morgan fingerprint density at radius 2 is 1.95 bits per heavy atom. The monoisotopic (exact) mass is 274 g/mol. The summed E-state index contributed by atoms with van der Waals surface area (Å²) in [6, 6.07) is 10.3. The van der Waals surface area contributed by atoms with Crippen molar-refractivity contribution in [1.29, 1.82) is 0 Å². The molecule has 0 aliphatic carbocycles. The van der Waals surface area contributed by atoms with Gasteiger partial charge >= 0.3 is 0 Å². The first-order valence-corrected chi connectivity index (χ1v) is 7.80. The van der Waals surface area contributed by atoms with Gasteiger partial charge in [0.25, 0.3) is 0 Å². The second-order valence-corrected chi connectivity index (χ2v) is 5.77. The van der Waals surface area contributed by atoms with Crippen LogP contribution >= 0.6 is 0 Å². The molecule has 2 N–H and O–H groups in total. The third-order valence-corrected chi connectivity index (χ3v) is 4.31. The molecule has 0 aromatic heterocycles. The van der Waals surface area contributed by atoms with Crippen molar-refractivity contribution in [2.45, 2.75) is 39.0 Å². The van der Waals surface area contributed by atoms with Crippen molar-refractivity contribution in [3.05, 3.63) is 35.9 Å². The van der Waals surface area contributed by atoms with Crippen LogP contribution in [0.3, 0.4) is 0 Å². The summed E-state index contributed by atoms with van der Waals surface area (Å²) in [5.74, 6) is 0.261. The summed E-state index contributed by atoms with van der Waals surface area (Å²) in [6.07, 6.45) is 4.93. The lowest BCUT2D eigenvalue weighted by Gasteiger charge is -2.36. The fourth-order valence-electron chi connectivity index (χ4n) is 3.13. The minimum Gasteiger partial charge on any atom is -0.355 e. The number of hydrogen-bond donors (Lipinski definition) is 2. The summed E-state index contributed by atoms with van der Waals surface area (Å²) in [5, 5.41) is 6.51. The lowest BCUT2D eigenvalue weighted by Crippen LogP contribution is -2.48. The Morgan fingerprint density at radius 1 is 1.25 bits per heavy atom. The molecule has 1 aromatic carbocycles. The normalized spacial score (nSPS) is 17.6. The first-order chi connectivity index (χ1) is 9.77. The molecule has 0 saturated carbocycles. The van der Waals surface area contributed by atoms with Crippen molar-refractivity contribution in [3.63, 3.8) is 0 Å². The topological polar surface area (TPSA) is 41.1 Å². The smallest absolute Gasteiger partial charge is 0.226 e. The highest BCUT2D eigenvalue weighted by Crippen LogP contribution is 2.34. The molecule has 1 aliphatic heterocycles. The maximum atomic E-state index is 12.6. The van der Waals surface area contributed by atoms with E-state index in [1.54, 1.807) is 0 Å². The van der Waals surface area contributed by atoms with Gasteiger partial charge in [0.15, 0.2) is 0 Å². The summed E-state index contributed by atoms with van der Waals surface area (Å²) >= 11 is 0. The van der Waals surface area contributed by atoms with Gasteiger partial charge in [0.05, 0.1) is 5.41 Å². The standard InChI is InChI=1S/C17H26N2O/c1-2-9-17(10-13-18-14-11-17)16(20)19-12-8-15-6-4-3-5-7-15/h3-7,18H,2,8-14H2,1H3,(H,19,20). The predicted octanol–water partition coefficient (Wildman–Crippen LogP) is 2.52. The molecule has 1 heterocycles. The maximum Gasteiger partial charge on any atom is 0.226 e. The van der Waals surface area contributed by atoms with Gasteiger partial charge in [-0.1, -0.05) is 43.7 Å². The molecule has 0 spiro atoms. The molecule has 2 rings (SSSR count). The van der Waals surface area contributed by atoms with Gasteiger partial charge in [0, 0.05) is 6.54 Å². The SMILES string of the molecule is CCCC1(C(=O)NCCc2ccccc2)CCNCC1. The van der Waals surface area contributed by atoms with Gasteiger partial charge in [-0.2, -0.15) is 0 Å². The number of rotatable bonds is 6. The zero-order valence-corrected chi connectivity index (χ0v) is 12.5. The average molecular weight is 274 g/mol. The maximum absolute atomic E-state index is 12.6. The van der Waals surface area contributed by atoms with E-state index in [-0.39, 0.29) is 11.3 Å². The van der Waals surface area contributed by atoms with Crippen molar-refractivity contribution in [2.24, 2.45) is 5.41 Å². The number of amides is 1. The number of carbonyl (C=O) groups is 1. The highest BCUT2D eigenvalue weighted by Gasteiger charge is 2.38. The third-order valence-electron chi connectivity index (χ3n) is 4.31. The van der Waals surface area contributed by atoms with E-state index in [0.29, 0.717) is 0 Å². The molecular formula is C17H26N2O. The predicted molar refractivity (Wildman–Crippen MR) is 82.6 cm³/mol. The van der Waals surface area contributed by atoms with Crippen molar-refractivity contribution < 1.29 is 4.79 Å². The number of nitrogens with one attached hydrogen (secondary N) is 2. The molecule has 1 saturated heterocycles. The molecule has 0 bridgehead atoms. The van der Waals surface area contributed by atoms with E-state index in [2.05, 4.69) is 29.7 Å². The van der Waals surface area contributed by atoms with Crippen molar-refractivity contribution in [2.75, 3.05) is 19.6 Å². The van der Waals surface area contributed by atoms with Crippen molar-refractivity contribution in [3.8, 4) is 0 Å². The van der Waals surface area contributed by atoms with E-state index >= 15 is 0 Å². The fourth-order valence-corrected chi connectivity index (χ4v) is 3.13. The Balaban J connectivity index is 1.85. The zero-order valence-electron chi connectivity index (χ0n) is 12.5. The van der Waals surface area contributed by atoms with Crippen molar-refractivity contribution in [1.82, 2.24) is 10.6 Å². The second kappa shape index (κ2) is 7.44. The third kappa shape index (κ3) is 3.83. The van der Waals surface area contributed by atoms with Crippen molar-refractivity contribution >= 4 is 5.91 Å². The van der Waals surface area contributed by atoms with Crippen LogP contribution in [-0.4, -0.2) is 25.5 Å². The molecule has 20 heavy (non-hydrogen) atoms. The van der Waals surface area contributed by atoms with Crippen LogP contribution in [0.15, 0.2) is 30.3 Å². The molecule has 3 nitrogen and oxygen atoms in total. The molecule has 110 valence electrons. The highest BCUT2D eigenvalue weighted by molar-refractivity contribution is 5.82. The summed E-state index contributed by atoms with van der Waals surface area (Å²) in [4.78, 5) is 12.6. The molecule has 1 amide bonds. The largest absolute Gasteiger partial charge is 0.355 e. The molecule has 1 aromatic rings. The Bertz CT molecular complexity index is 405. The van der Waals surface area contributed by atoms with Crippen LogP contribution in [0, 0.1) is 5.41 Å². The number of carbonyl (C=O) groups excluding carboxylic acids is 1. The molecule has 3 heteroatoms. The molecular weight excluding hydrogens is 248 g/mol. The van der Waals surface area contributed by atoms with Gasteiger partial charge in [0.1, 0.15) is 0 Å². The quantitative estimate of drug-likeness (QED) is 0.837. The Hall–Kier alpha value is -1.35. The van der Waals surface area contributed by atoms with Crippen LogP contribution in [-0.2, 0) is 11.2 Å². The van der Waals surface area contributed by atoms with Gasteiger partial charge in [-0.05, 0) is 44.3 Å². The average Bonchev–Trinajstić information content (AvgIpc) is 2.49. The fraction of sp³-hybridized carbons (Fsp3) is 0.588. The summed E-state index contributed by atoms with van der Waals surface area (Å²) in [6.45, 7) is 4.83. The van der Waals surface area contributed by atoms with E-state index in [9.17, 15) is 4.79 Å². The van der Waals surface area contributed by atoms with E-state index in [1.807, 2.05) is 18.2 Å². The van der Waals surface area contributed by atoms with Gasteiger partial charge in [-0.3, -0.25) is 4.79 Å². The molecule has 0 atom stereocenters. The lowest BCUT2D eigenvalue weighted by atomic mass is 9.74. The number of piperidine rings is 1. The second-order valence-electron chi connectivity index (χ2n) is 5.77. The van der Waals surface area contributed by atoms with Crippen LogP contribution in [0.4, 0.5) is 0 Å². The van der Waals surface area contributed by atoms with Gasteiger partial charge in [-0.15, -0.1) is 0 Å². The van der Waals surface area contributed by atoms with E-state index in [4.69, 9.17) is 0 Å². The van der Waals surface area contributed by atoms with Crippen LogP contribution in [0.1, 0.15) is 38.2 Å². The molecule has 1 aliphatic rings. The Labute approximate surface area is 122 Å². The zero-order chi connectivity index (χ0) is 14.3. The molecule has 0 radical (unpaired) electrons. The van der Waals surface area contributed by atoms with Crippen LogP contribution in [0.2, 0.25) is 0 Å². The summed E-state index contributed by atoms with van der Waals surface area (Å²) in [7, 11) is 0. The minimum absolute atomic E-state index is 0.128. The molecule has 1 fully saturated rings. The van der Waals surface area contributed by atoms with E-state index in [0.717, 1.165) is 51.7 Å². The lowest BCUT2D eigenvalue weighted by molar-refractivity contribution is -0.133. The van der Waals surface area contributed by atoms with Crippen LogP contribution < -0.4 is 10.6 Å². The number of hydrogen-bond acceptors (Lipinski definition) is 2. The first kappa shape index (κ1) is 15.0. The van der Waals surface area contributed by atoms with Crippen LogP contribution in [0.25, 0.3) is 0 Å². The Morgan fingerprint density at radius 3 is 2.60 bits per heavy atom. The first-order valence-electron chi connectivity index (χ1n) is 7.80. The van der Waals surface area contributed by atoms with Gasteiger partial charge in [-0.25, -0.2) is 0 Å². The van der Waals surface area contributed by atoms with E-state index < -0.39 is 0 Å². The number of benzene rings is 1. The van der Waals surface area contributed by atoms with Gasteiger partial charge in [0.2, 0.25) is 5.91 Å². The van der Waals surface area contributed by atoms with Gasteiger partial charge < -0.3 is 10.6 Å². The Kier molecular flexibility index (Phi) is 5.60. The van der Waals surface area contributed by atoms with Crippen LogP contribution in [0.5, 0.6) is 0 Å². The molecule has 0 unspecified atom stereocenters. The minimum atomic E-state index is -0.128.